The van der Waals surface area contributed by atoms with Gasteiger partial charge in [-0.1, -0.05) is 35.3 Å². The summed E-state index contributed by atoms with van der Waals surface area (Å²) < 4.78 is 62.3. The number of amides is 1. The van der Waals surface area contributed by atoms with Crippen LogP contribution in [0.4, 0.5) is 10.3 Å². The summed E-state index contributed by atoms with van der Waals surface area (Å²) in [5.74, 6) is -1.75. The van der Waals surface area contributed by atoms with E-state index in [2.05, 4.69) is 28.2 Å². The van der Waals surface area contributed by atoms with E-state index in [1.165, 1.54) is 25.1 Å². The first-order valence-corrected chi connectivity index (χ1v) is 19.0. The Kier molecular flexibility index (Phi) is 13.0. The van der Waals surface area contributed by atoms with Crippen LogP contribution in [0.1, 0.15) is 49.5 Å². The van der Waals surface area contributed by atoms with Gasteiger partial charge in [0.1, 0.15) is 5.92 Å². The maximum absolute atomic E-state index is 12.5. The van der Waals surface area contributed by atoms with Gasteiger partial charge in [0.2, 0.25) is 16.2 Å². The van der Waals surface area contributed by atoms with Gasteiger partial charge in [0.05, 0.1) is 16.2 Å². The Morgan fingerprint density at radius 3 is 1.79 bits per heavy atom. The molecule has 1 amide bonds. The van der Waals surface area contributed by atoms with Crippen LogP contribution in [0.5, 0.6) is 0 Å². The molecule has 0 aliphatic carbocycles. The highest BCUT2D eigenvalue weighted by Gasteiger charge is 2.24. The van der Waals surface area contributed by atoms with Crippen molar-refractivity contribution >= 4 is 88.5 Å². The van der Waals surface area contributed by atoms with E-state index < -0.39 is 31.9 Å². The summed E-state index contributed by atoms with van der Waals surface area (Å²) in [5.41, 5.74) is 0.874. The Hall–Kier alpha value is -3.42. The summed E-state index contributed by atoms with van der Waals surface area (Å²) in [6.07, 6.45) is 0.0378. The highest BCUT2D eigenvalue weighted by molar-refractivity contribution is 7.93. The number of hydrogen-bond donors (Lipinski definition) is 3. The maximum Gasteiger partial charge on any atom is 0.314 e. The summed E-state index contributed by atoms with van der Waals surface area (Å²) in [5, 5.41) is 9.71. The van der Waals surface area contributed by atoms with Crippen LogP contribution in [0.15, 0.2) is 46.2 Å². The van der Waals surface area contributed by atoms with Crippen LogP contribution in [0, 0.1) is 13.8 Å². The molecular weight excluding hydrogens is 734 g/mol. The third-order valence-electron chi connectivity index (χ3n) is 6.55. The lowest BCUT2D eigenvalue weighted by molar-refractivity contribution is -0.138. The van der Waals surface area contributed by atoms with E-state index in [0.717, 1.165) is 23.1 Å². The minimum atomic E-state index is -3.87. The number of anilines is 2. The zero-order valence-corrected chi connectivity index (χ0v) is 30.5. The molecule has 4 aromatic rings. The van der Waals surface area contributed by atoms with Crippen LogP contribution < -0.4 is 9.44 Å². The van der Waals surface area contributed by atoms with Crippen molar-refractivity contribution in [3.05, 3.63) is 69.2 Å². The van der Waals surface area contributed by atoms with Gasteiger partial charge in [-0.25, -0.2) is 26.8 Å². The molecule has 1 atom stereocenters. The first kappa shape index (κ1) is 38.0. The number of rotatable bonds is 12. The summed E-state index contributed by atoms with van der Waals surface area (Å²) >= 11 is 13.6. The van der Waals surface area contributed by atoms with Crippen molar-refractivity contribution in [2.24, 2.45) is 0 Å². The topological polar surface area (TPSA) is 202 Å². The zero-order valence-electron chi connectivity index (χ0n) is 25.7. The lowest BCUT2D eigenvalue weighted by Crippen LogP contribution is -2.32. The number of hydrogen-bond acceptors (Lipinski definition) is 12. The van der Waals surface area contributed by atoms with Crippen molar-refractivity contribution in [1.82, 2.24) is 23.6 Å². The molecule has 0 aliphatic rings. The number of carbonyl (C=O) groups excluding carboxylic acids is 1. The number of halogens is 2. The summed E-state index contributed by atoms with van der Waals surface area (Å²) in [7, 11) is -7.70. The molecule has 254 valence electrons. The molecular formula is C27H31Cl2N7O7S4. The Bertz CT molecular complexity index is 1960. The van der Waals surface area contributed by atoms with Crippen molar-refractivity contribution < 1.29 is 31.5 Å². The average Bonchev–Trinajstić information content (AvgIpc) is 3.64. The number of carboxylic acid groups (broad SMARTS) is 1. The molecule has 20 heteroatoms. The van der Waals surface area contributed by atoms with E-state index in [1.54, 1.807) is 36.9 Å². The van der Waals surface area contributed by atoms with Gasteiger partial charge in [0.25, 0.3) is 20.0 Å². The Balaban J connectivity index is 0.000000257. The Labute approximate surface area is 290 Å². The third kappa shape index (κ3) is 9.80. The molecule has 0 spiro atoms. The first-order valence-electron chi connectivity index (χ1n) is 13.7. The predicted molar refractivity (Wildman–Crippen MR) is 181 cm³/mol. The van der Waals surface area contributed by atoms with E-state index in [9.17, 15) is 26.4 Å². The fourth-order valence-electron chi connectivity index (χ4n) is 3.85. The molecule has 47 heavy (non-hydrogen) atoms. The van der Waals surface area contributed by atoms with E-state index in [0.29, 0.717) is 40.1 Å². The van der Waals surface area contributed by atoms with Gasteiger partial charge >= 0.3 is 5.97 Å². The molecule has 0 radical (unpaired) electrons. The standard InChI is InChI=1S/C15H19ClN4O3S2.C12H12ClN3O4S2/c1-4-20(5-2)14(21)9-13-17-15(24-18-13)19-25(22,23)12-8-6-7-11(16)10(12)3;1-6-8(13)4-3-5-9(6)22(19,20)16-12-14-10(15-21-12)7(2)11(17)18/h6-8H,4-5,9H2,1-3H3,(H,17,18,19);3-5,7H,1-2H3,(H,17,18)(H,14,15,16). The number of sulfonamides is 2. The minimum absolute atomic E-state index is 0.00229. The normalized spacial score (nSPS) is 12.1. The quantitative estimate of drug-likeness (QED) is 0.171. The highest BCUT2D eigenvalue weighted by atomic mass is 35.5. The zero-order chi connectivity index (χ0) is 35.1. The number of carboxylic acids is 1. The van der Waals surface area contributed by atoms with E-state index in [-0.39, 0.29) is 38.2 Å². The molecule has 0 saturated carbocycles. The van der Waals surface area contributed by atoms with Crippen LogP contribution in [-0.4, -0.2) is 70.5 Å². The van der Waals surface area contributed by atoms with Gasteiger partial charge in [-0.3, -0.25) is 19.0 Å². The van der Waals surface area contributed by atoms with Crippen molar-refractivity contribution in [3.8, 4) is 0 Å². The monoisotopic (exact) mass is 763 g/mol. The summed E-state index contributed by atoms with van der Waals surface area (Å²) in [6.45, 7) is 9.63. The van der Waals surface area contributed by atoms with Gasteiger partial charge in [-0.05, 0) is 70.0 Å². The van der Waals surface area contributed by atoms with Gasteiger partial charge in [-0.15, -0.1) is 0 Å². The second-order valence-electron chi connectivity index (χ2n) is 9.71. The average molecular weight is 765 g/mol. The SMILES string of the molecule is CCN(CC)C(=O)Cc1nsc(NS(=O)(=O)c2cccc(Cl)c2C)n1.Cc1c(Cl)cccc1S(=O)(=O)Nc1nc(C(C)C(=O)O)ns1. The molecule has 0 saturated heterocycles. The Morgan fingerprint density at radius 2 is 1.32 bits per heavy atom. The van der Waals surface area contributed by atoms with Crippen molar-refractivity contribution in [2.45, 2.75) is 56.7 Å². The number of aliphatic carboxylic acids is 1. The van der Waals surface area contributed by atoms with E-state index in [1.807, 2.05) is 13.8 Å². The lowest BCUT2D eigenvalue weighted by Gasteiger charge is -2.17. The molecule has 3 N–H and O–H groups in total. The number of aromatic nitrogens is 4. The van der Waals surface area contributed by atoms with Crippen molar-refractivity contribution in [1.29, 1.82) is 0 Å². The van der Waals surface area contributed by atoms with Crippen LogP contribution in [0.2, 0.25) is 10.0 Å². The molecule has 1 unspecified atom stereocenters. The number of benzene rings is 2. The maximum atomic E-state index is 12.5. The molecule has 14 nitrogen and oxygen atoms in total. The predicted octanol–water partition coefficient (Wildman–Crippen LogP) is 5.20. The molecule has 0 bridgehead atoms. The lowest BCUT2D eigenvalue weighted by atomic mass is 10.2. The number of carbonyl (C=O) groups is 2. The number of nitrogens with zero attached hydrogens (tertiary/aromatic N) is 5. The van der Waals surface area contributed by atoms with Crippen LogP contribution >= 0.6 is 46.3 Å². The minimum Gasteiger partial charge on any atom is -0.481 e. The van der Waals surface area contributed by atoms with Gasteiger partial charge in [0.15, 0.2) is 11.6 Å². The molecule has 4 rings (SSSR count). The summed E-state index contributed by atoms with van der Waals surface area (Å²) in [6, 6.07) is 9.20. The van der Waals surface area contributed by atoms with Crippen molar-refractivity contribution in [3.63, 3.8) is 0 Å². The van der Waals surface area contributed by atoms with Crippen LogP contribution in [0.3, 0.4) is 0 Å². The smallest absolute Gasteiger partial charge is 0.314 e. The van der Waals surface area contributed by atoms with Crippen LogP contribution in [-0.2, 0) is 36.1 Å². The fourth-order valence-corrected chi connectivity index (χ4v) is 8.54. The molecule has 0 aliphatic heterocycles. The highest BCUT2D eigenvalue weighted by Crippen LogP contribution is 2.27. The second kappa shape index (κ2) is 16.1. The summed E-state index contributed by atoms with van der Waals surface area (Å²) in [4.78, 5) is 32.7. The molecule has 0 fully saturated rings. The fraction of sp³-hybridized carbons (Fsp3) is 0.333. The van der Waals surface area contributed by atoms with E-state index in [4.69, 9.17) is 28.3 Å². The molecule has 2 aromatic carbocycles. The van der Waals surface area contributed by atoms with Gasteiger partial charge in [-0.2, -0.15) is 8.75 Å². The van der Waals surface area contributed by atoms with Crippen molar-refractivity contribution in [2.75, 3.05) is 22.5 Å². The van der Waals surface area contributed by atoms with E-state index >= 15 is 0 Å². The number of likely N-dealkylation sites (N-methyl/N-ethyl adjacent to an activating group) is 1. The molecule has 2 aromatic heterocycles. The first-order chi connectivity index (χ1) is 22.0. The second-order valence-corrected chi connectivity index (χ2v) is 15.3. The largest absolute Gasteiger partial charge is 0.481 e. The third-order valence-corrected chi connectivity index (χ3v) is 11.9. The van der Waals surface area contributed by atoms with Gasteiger partial charge < -0.3 is 10.0 Å². The Morgan fingerprint density at radius 1 is 0.851 bits per heavy atom. The number of nitrogens with one attached hydrogen (secondary N) is 2. The molecule has 2 heterocycles. The van der Waals surface area contributed by atoms with Gasteiger partial charge in [0, 0.05) is 46.2 Å². The van der Waals surface area contributed by atoms with Crippen LogP contribution in [0.25, 0.3) is 0 Å².